The van der Waals surface area contributed by atoms with Gasteiger partial charge in [0.1, 0.15) is 4.90 Å². The number of hydrogen-bond donors (Lipinski definition) is 2. The molecule has 1 aromatic rings. The highest BCUT2D eigenvalue weighted by Crippen LogP contribution is 2.24. The Morgan fingerprint density at radius 1 is 1.50 bits per heavy atom. The van der Waals surface area contributed by atoms with Crippen LogP contribution in [0.4, 0.5) is 0 Å². The predicted octanol–water partition coefficient (Wildman–Crippen LogP) is 2.54. The number of sulfonamides is 1. The Morgan fingerprint density at radius 3 is 2.72 bits per heavy atom. The molecule has 1 aromatic carbocycles. The van der Waals surface area contributed by atoms with Gasteiger partial charge in [-0.3, -0.25) is 0 Å². The highest BCUT2D eigenvalue weighted by molar-refractivity contribution is 9.10. The van der Waals surface area contributed by atoms with Gasteiger partial charge in [0.25, 0.3) is 0 Å². The first kappa shape index (κ1) is 15.9. The SMILES string of the molecule is CCCC(O)CNS(=O)(=O)c1ccc(Br)cc1Cl. The summed E-state index contributed by atoms with van der Waals surface area (Å²) < 4.78 is 27.0. The van der Waals surface area contributed by atoms with E-state index in [0.717, 1.165) is 6.42 Å². The summed E-state index contributed by atoms with van der Waals surface area (Å²) in [5.74, 6) is 0. The minimum absolute atomic E-state index is 0.0102. The molecule has 2 N–H and O–H groups in total. The fraction of sp³-hybridized carbons (Fsp3) is 0.455. The molecule has 0 aliphatic heterocycles. The molecule has 1 atom stereocenters. The van der Waals surface area contributed by atoms with Crippen molar-refractivity contribution in [3.63, 3.8) is 0 Å². The molecule has 0 bridgehead atoms. The lowest BCUT2D eigenvalue weighted by Gasteiger charge is -2.12. The van der Waals surface area contributed by atoms with Crippen molar-refractivity contribution in [1.29, 1.82) is 0 Å². The number of aliphatic hydroxyl groups excluding tert-OH is 1. The number of aliphatic hydroxyl groups is 1. The van der Waals surface area contributed by atoms with Crippen LogP contribution in [0.1, 0.15) is 19.8 Å². The van der Waals surface area contributed by atoms with Crippen molar-refractivity contribution < 1.29 is 13.5 Å². The van der Waals surface area contributed by atoms with Gasteiger partial charge >= 0.3 is 0 Å². The maximum Gasteiger partial charge on any atom is 0.242 e. The fourth-order valence-electron chi connectivity index (χ4n) is 1.41. The first-order valence-electron chi connectivity index (χ1n) is 5.49. The van der Waals surface area contributed by atoms with E-state index in [1.807, 2.05) is 6.92 Å². The minimum atomic E-state index is -3.68. The number of nitrogens with one attached hydrogen (secondary N) is 1. The van der Waals surface area contributed by atoms with E-state index >= 15 is 0 Å². The van der Waals surface area contributed by atoms with Gasteiger partial charge in [-0.2, -0.15) is 0 Å². The van der Waals surface area contributed by atoms with E-state index in [0.29, 0.717) is 10.9 Å². The van der Waals surface area contributed by atoms with Crippen LogP contribution in [0.15, 0.2) is 27.6 Å². The Bertz CT molecular complexity index is 507. The average Bonchev–Trinajstić information content (AvgIpc) is 2.26. The van der Waals surface area contributed by atoms with Gasteiger partial charge in [-0.1, -0.05) is 40.9 Å². The molecule has 4 nitrogen and oxygen atoms in total. The first-order chi connectivity index (χ1) is 8.36. The molecule has 0 fully saturated rings. The van der Waals surface area contributed by atoms with Crippen LogP contribution in [-0.2, 0) is 10.0 Å². The Kier molecular flexibility index (Phi) is 6.07. The van der Waals surface area contributed by atoms with Crippen molar-refractivity contribution in [2.75, 3.05) is 6.54 Å². The third-order valence-corrected chi connectivity index (χ3v) is 4.71. The quantitative estimate of drug-likeness (QED) is 0.823. The monoisotopic (exact) mass is 355 g/mol. The molecule has 0 saturated heterocycles. The average molecular weight is 357 g/mol. The molecule has 0 aliphatic rings. The smallest absolute Gasteiger partial charge is 0.242 e. The van der Waals surface area contributed by atoms with Gasteiger partial charge in [-0.15, -0.1) is 0 Å². The molecule has 0 saturated carbocycles. The molecule has 0 spiro atoms. The van der Waals surface area contributed by atoms with Gasteiger partial charge in [0.15, 0.2) is 0 Å². The minimum Gasteiger partial charge on any atom is -0.392 e. The maximum absolute atomic E-state index is 12.0. The molecular weight excluding hydrogens is 342 g/mol. The molecule has 0 amide bonds. The third kappa shape index (κ3) is 4.51. The van der Waals surface area contributed by atoms with E-state index in [1.54, 1.807) is 6.07 Å². The van der Waals surface area contributed by atoms with Crippen molar-refractivity contribution in [3.8, 4) is 0 Å². The zero-order chi connectivity index (χ0) is 13.8. The van der Waals surface area contributed by atoms with Crippen LogP contribution in [-0.4, -0.2) is 26.2 Å². The van der Waals surface area contributed by atoms with Gasteiger partial charge < -0.3 is 5.11 Å². The molecule has 1 rings (SSSR count). The number of hydrogen-bond acceptors (Lipinski definition) is 3. The highest BCUT2D eigenvalue weighted by atomic mass is 79.9. The second-order valence-electron chi connectivity index (χ2n) is 3.87. The summed E-state index contributed by atoms with van der Waals surface area (Å²) in [5, 5.41) is 9.65. The summed E-state index contributed by atoms with van der Waals surface area (Å²) in [4.78, 5) is 0.0102. The van der Waals surface area contributed by atoms with Gasteiger partial charge in [0, 0.05) is 11.0 Å². The summed E-state index contributed by atoms with van der Waals surface area (Å²) >= 11 is 9.08. The normalized spacial score (nSPS) is 13.6. The second kappa shape index (κ2) is 6.86. The van der Waals surface area contributed by atoms with Crippen LogP contribution in [0, 0.1) is 0 Å². The van der Waals surface area contributed by atoms with E-state index in [2.05, 4.69) is 20.7 Å². The van der Waals surface area contributed by atoms with Crippen molar-refractivity contribution in [2.24, 2.45) is 0 Å². The molecular formula is C11H15BrClNO3S. The molecule has 7 heteroatoms. The number of benzene rings is 1. The summed E-state index contributed by atoms with van der Waals surface area (Å²) in [6.07, 6.45) is 0.664. The van der Waals surface area contributed by atoms with Crippen LogP contribution < -0.4 is 4.72 Å². The number of rotatable bonds is 6. The van der Waals surface area contributed by atoms with Gasteiger partial charge in [0.2, 0.25) is 10.0 Å². The highest BCUT2D eigenvalue weighted by Gasteiger charge is 2.18. The maximum atomic E-state index is 12.0. The lowest BCUT2D eigenvalue weighted by Crippen LogP contribution is -2.32. The molecule has 1 unspecified atom stereocenters. The molecule has 0 heterocycles. The summed E-state index contributed by atoms with van der Waals surface area (Å²) in [7, 11) is -3.68. The molecule has 102 valence electrons. The topological polar surface area (TPSA) is 66.4 Å². The lowest BCUT2D eigenvalue weighted by molar-refractivity contribution is 0.167. The predicted molar refractivity (Wildman–Crippen MR) is 75.3 cm³/mol. The molecule has 0 radical (unpaired) electrons. The summed E-state index contributed by atoms with van der Waals surface area (Å²) in [5.41, 5.74) is 0. The molecule has 0 aliphatic carbocycles. The van der Waals surface area contributed by atoms with Crippen molar-refractivity contribution in [2.45, 2.75) is 30.8 Å². The summed E-state index contributed by atoms with van der Waals surface area (Å²) in [6.45, 7) is 1.91. The van der Waals surface area contributed by atoms with E-state index in [-0.39, 0.29) is 16.5 Å². The first-order valence-corrected chi connectivity index (χ1v) is 8.15. The van der Waals surface area contributed by atoms with E-state index in [1.165, 1.54) is 12.1 Å². The van der Waals surface area contributed by atoms with Crippen LogP contribution in [0.2, 0.25) is 5.02 Å². The Balaban J connectivity index is 2.80. The van der Waals surface area contributed by atoms with Crippen LogP contribution >= 0.6 is 27.5 Å². The van der Waals surface area contributed by atoms with Crippen molar-refractivity contribution >= 4 is 37.6 Å². The van der Waals surface area contributed by atoms with Crippen molar-refractivity contribution in [1.82, 2.24) is 4.72 Å². The van der Waals surface area contributed by atoms with Crippen molar-refractivity contribution in [3.05, 3.63) is 27.7 Å². The van der Waals surface area contributed by atoms with E-state index < -0.39 is 16.1 Å². The van der Waals surface area contributed by atoms with E-state index in [9.17, 15) is 13.5 Å². The second-order valence-corrected chi connectivity index (χ2v) is 6.93. The Labute approximate surface area is 121 Å². The fourth-order valence-corrected chi connectivity index (χ4v) is 3.52. The number of halogens is 2. The van der Waals surface area contributed by atoms with Gasteiger partial charge in [0.05, 0.1) is 11.1 Å². The Hall–Kier alpha value is -0.140. The van der Waals surface area contributed by atoms with Crippen LogP contribution in [0.5, 0.6) is 0 Å². The zero-order valence-corrected chi connectivity index (χ0v) is 13.0. The Morgan fingerprint density at radius 2 is 2.17 bits per heavy atom. The summed E-state index contributed by atoms with van der Waals surface area (Å²) in [6, 6.07) is 4.53. The standard InChI is InChI=1S/C11H15BrClNO3S/c1-2-3-9(15)7-14-18(16,17)11-5-4-8(12)6-10(11)13/h4-6,9,14-15H,2-3,7H2,1H3. The third-order valence-electron chi connectivity index (χ3n) is 2.31. The van der Waals surface area contributed by atoms with Crippen LogP contribution in [0.3, 0.4) is 0 Å². The van der Waals surface area contributed by atoms with Crippen LogP contribution in [0.25, 0.3) is 0 Å². The van der Waals surface area contributed by atoms with E-state index in [4.69, 9.17) is 11.6 Å². The molecule has 18 heavy (non-hydrogen) atoms. The van der Waals surface area contributed by atoms with Gasteiger partial charge in [-0.25, -0.2) is 13.1 Å². The largest absolute Gasteiger partial charge is 0.392 e. The zero-order valence-electron chi connectivity index (χ0n) is 9.86. The lowest BCUT2D eigenvalue weighted by atomic mass is 10.2. The molecule has 0 aromatic heterocycles. The van der Waals surface area contributed by atoms with Gasteiger partial charge in [-0.05, 0) is 24.6 Å².